The van der Waals surface area contributed by atoms with Gasteiger partial charge in [0.15, 0.2) is 0 Å². The largest absolute Gasteiger partial charge is 0.469 e. The second-order valence-electron chi connectivity index (χ2n) is 4.30. The molecule has 0 aromatic heterocycles. The highest BCUT2D eigenvalue weighted by Crippen LogP contribution is 2.37. The number of sulfonamides is 1. The molecule has 0 spiro atoms. The van der Waals surface area contributed by atoms with E-state index >= 15 is 0 Å². The normalized spacial score (nSPS) is 19.6. The molecule has 0 amide bonds. The Hall–Kier alpha value is -1.40. The van der Waals surface area contributed by atoms with Gasteiger partial charge in [0.1, 0.15) is 0 Å². The summed E-state index contributed by atoms with van der Waals surface area (Å²) in [6.07, 6.45) is 1.20. The van der Waals surface area contributed by atoms with Gasteiger partial charge in [-0.25, -0.2) is 8.42 Å². The van der Waals surface area contributed by atoms with E-state index in [0.29, 0.717) is 6.54 Å². The molecule has 0 saturated heterocycles. The average Bonchev–Trinajstić information content (AvgIpc) is 2.68. The first-order valence-electron chi connectivity index (χ1n) is 5.55. The highest BCUT2D eigenvalue weighted by molar-refractivity contribution is 7.88. The molecule has 0 N–H and O–H groups in total. The minimum absolute atomic E-state index is 0.0422. The van der Waals surface area contributed by atoms with E-state index < -0.39 is 22.0 Å². The molecule has 1 atom stereocenters. The molecule has 1 unspecified atom stereocenters. The molecule has 0 bridgehead atoms. The second kappa shape index (κ2) is 4.70. The monoisotopic (exact) mass is 269 g/mol. The topological polar surface area (TPSA) is 63.7 Å². The summed E-state index contributed by atoms with van der Waals surface area (Å²) in [6, 6.07) is 6.98. The number of methoxy groups -OCH3 is 1. The summed E-state index contributed by atoms with van der Waals surface area (Å²) >= 11 is 0. The van der Waals surface area contributed by atoms with E-state index in [-0.39, 0.29) is 6.42 Å². The van der Waals surface area contributed by atoms with E-state index in [4.69, 9.17) is 0 Å². The van der Waals surface area contributed by atoms with Gasteiger partial charge in [-0.2, -0.15) is 4.31 Å². The Balaban J connectivity index is 2.39. The maximum Gasteiger partial charge on any atom is 0.307 e. The van der Waals surface area contributed by atoms with Crippen molar-refractivity contribution in [2.45, 2.75) is 19.0 Å². The SMILES string of the molecule is COC(=O)CC1c2ccccc2CN1S(C)(=O)=O. The Morgan fingerprint density at radius 1 is 1.44 bits per heavy atom. The zero-order chi connectivity index (χ0) is 13.3. The van der Waals surface area contributed by atoms with Gasteiger partial charge >= 0.3 is 5.97 Å². The quantitative estimate of drug-likeness (QED) is 0.770. The molecule has 1 aromatic carbocycles. The van der Waals surface area contributed by atoms with Crippen LogP contribution in [0.1, 0.15) is 23.6 Å². The third kappa shape index (κ3) is 2.39. The van der Waals surface area contributed by atoms with Crippen molar-refractivity contribution in [1.29, 1.82) is 0 Å². The Bertz CT molecular complexity index is 567. The lowest BCUT2D eigenvalue weighted by Crippen LogP contribution is -2.30. The van der Waals surface area contributed by atoms with E-state index in [1.54, 1.807) is 0 Å². The van der Waals surface area contributed by atoms with Crippen molar-refractivity contribution in [3.63, 3.8) is 0 Å². The molecule has 0 aliphatic carbocycles. The standard InChI is InChI=1S/C12H15NO4S/c1-17-12(14)7-11-10-6-4-3-5-9(10)8-13(11)18(2,15)16/h3-6,11H,7-8H2,1-2H3. The number of fused-ring (bicyclic) bond motifs is 1. The lowest BCUT2D eigenvalue weighted by Gasteiger charge is -2.21. The van der Waals surface area contributed by atoms with Gasteiger partial charge in [0.05, 0.1) is 25.8 Å². The second-order valence-corrected chi connectivity index (χ2v) is 6.24. The van der Waals surface area contributed by atoms with Crippen LogP contribution in [0.4, 0.5) is 0 Å². The Morgan fingerprint density at radius 2 is 2.11 bits per heavy atom. The van der Waals surface area contributed by atoms with Crippen molar-refractivity contribution < 1.29 is 17.9 Å². The lowest BCUT2D eigenvalue weighted by molar-refractivity contribution is -0.141. The highest BCUT2D eigenvalue weighted by Gasteiger charge is 2.37. The Morgan fingerprint density at radius 3 is 2.72 bits per heavy atom. The first-order valence-corrected chi connectivity index (χ1v) is 7.39. The average molecular weight is 269 g/mol. The Labute approximate surface area is 106 Å². The molecule has 0 fully saturated rings. The van der Waals surface area contributed by atoms with Crippen molar-refractivity contribution in [3.8, 4) is 0 Å². The lowest BCUT2D eigenvalue weighted by atomic mass is 10.0. The van der Waals surface area contributed by atoms with Crippen LogP contribution in [-0.4, -0.2) is 32.1 Å². The fraction of sp³-hybridized carbons (Fsp3) is 0.417. The molecule has 0 radical (unpaired) electrons. The van der Waals surface area contributed by atoms with Gasteiger partial charge < -0.3 is 4.74 Å². The minimum Gasteiger partial charge on any atom is -0.469 e. The van der Waals surface area contributed by atoms with Gasteiger partial charge in [-0.05, 0) is 11.1 Å². The fourth-order valence-electron chi connectivity index (χ4n) is 2.24. The number of benzene rings is 1. The van der Waals surface area contributed by atoms with Crippen molar-refractivity contribution in [3.05, 3.63) is 35.4 Å². The number of carbonyl (C=O) groups excluding carboxylic acids is 1. The Kier molecular flexibility index (Phi) is 3.41. The van der Waals surface area contributed by atoms with Crippen LogP contribution < -0.4 is 0 Å². The van der Waals surface area contributed by atoms with Gasteiger partial charge in [-0.1, -0.05) is 24.3 Å². The van der Waals surface area contributed by atoms with Gasteiger partial charge in [-0.3, -0.25) is 4.79 Å². The van der Waals surface area contributed by atoms with Crippen LogP contribution in [0.15, 0.2) is 24.3 Å². The molecular formula is C12H15NO4S. The number of carbonyl (C=O) groups is 1. The van der Waals surface area contributed by atoms with Crippen LogP contribution in [-0.2, 0) is 26.1 Å². The van der Waals surface area contributed by atoms with Crippen molar-refractivity contribution in [2.24, 2.45) is 0 Å². The molecule has 5 nitrogen and oxygen atoms in total. The highest BCUT2D eigenvalue weighted by atomic mass is 32.2. The summed E-state index contributed by atoms with van der Waals surface area (Å²) in [5.41, 5.74) is 1.82. The summed E-state index contributed by atoms with van der Waals surface area (Å²) in [6.45, 7) is 0.316. The molecule has 0 saturated carbocycles. The summed E-state index contributed by atoms with van der Waals surface area (Å²) in [5.74, 6) is -0.412. The number of hydrogen-bond donors (Lipinski definition) is 0. The predicted molar refractivity (Wildman–Crippen MR) is 66.2 cm³/mol. The van der Waals surface area contributed by atoms with Crippen molar-refractivity contribution in [1.82, 2.24) is 4.31 Å². The maximum absolute atomic E-state index is 11.8. The summed E-state index contributed by atoms with van der Waals surface area (Å²) in [5, 5.41) is 0. The van der Waals surface area contributed by atoms with Gasteiger partial charge in [-0.15, -0.1) is 0 Å². The molecule has 98 valence electrons. The number of ether oxygens (including phenoxy) is 1. The predicted octanol–water partition coefficient (Wildman–Crippen LogP) is 1.07. The molecule has 1 aliphatic rings. The van der Waals surface area contributed by atoms with Crippen LogP contribution in [0.5, 0.6) is 0 Å². The third-order valence-electron chi connectivity index (χ3n) is 3.10. The van der Waals surface area contributed by atoms with Crippen molar-refractivity contribution >= 4 is 16.0 Å². The molecule has 1 aromatic rings. The van der Waals surface area contributed by atoms with Crippen LogP contribution in [0.2, 0.25) is 0 Å². The third-order valence-corrected chi connectivity index (χ3v) is 4.34. The number of nitrogens with zero attached hydrogens (tertiary/aromatic N) is 1. The summed E-state index contributed by atoms with van der Waals surface area (Å²) < 4.78 is 29.5. The molecule has 18 heavy (non-hydrogen) atoms. The van der Waals surface area contributed by atoms with Crippen LogP contribution in [0, 0.1) is 0 Å². The number of hydrogen-bond acceptors (Lipinski definition) is 4. The molecule has 6 heteroatoms. The van der Waals surface area contributed by atoms with Gasteiger partial charge in [0.2, 0.25) is 10.0 Å². The maximum atomic E-state index is 11.8. The summed E-state index contributed by atoms with van der Waals surface area (Å²) in [4.78, 5) is 11.4. The zero-order valence-electron chi connectivity index (χ0n) is 10.3. The number of esters is 1. The number of rotatable bonds is 3. The molecule has 1 aliphatic heterocycles. The first-order chi connectivity index (χ1) is 8.43. The van der Waals surface area contributed by atoms with Crippen molar-refractivity contribution in [2.75, 3.05) is 13.4 Å². The van der Waals surface area contributed by atoms with Crippen LogP contribution in [0.3, 0.4) is 0 Å². The minimum atomic E-state index is -3.35. The van der Waals surface area contributed by atoms with E-state index in [9.17, 15) is 13.2 Å². The molecule has 1 heterocycles. The summed E-state index contributed by atoms with van der Waals surface area (Å²) in [7, 11) is -2.05. The van der Waals surface area contributed by atoms with Gasteiger partial charge in [0.25, 0.3) is 0 Å². The van der Waals surface area contributed by atoms with E-state index in [1.165, 1.54) is 11.4 Å². The zero-order valence-corrected chi connectivity index (χ0v) is 11.1. The molecule has 2 rings (SSSR count). The first kappa shape index (κ1) is 13.0. The van der Waals surface area contributed by atoms with E-state index in [0.717, 1.165) is 17.4 Å². The van der Waals surface area contributed by atoms with Gasteiger partial charge in [0, 0.05) is 6.54 Å². The molecular weight excluding hydrogens is 254 g/mol. The smallest absolute Gasteiger partial charge is 0.307 e. The fourth-order valence-corrected chi connectivity index (χ4v) is 3.26. The van der Waals surface area contributed by atoms with Crippen LogP contribution >= 0.6 is 0 Å². The van der Waals surface area contributed by atoms with Crippen LogP contribution in [0.25, 0.3) is 0 Å². The van der Waals surface area contributed by atoms with E-state index in [1.807, 2.05) is 24.3 Å². The van der Waals surface area contributed by atoms with E-state index in [2.05, 4.69) is 4.74 Å².